The Morgan fingerprint density at radius 1 is 1.32 bits per heavy atom. The predicted molar refractivity (Wildman–Crippen MR) is 148 cm³/mol. The number of hydrogen-bond donors (Lipinski definition) is 3. The number of hydrogen-bond acceptors (Lipinski definition) is 7. The second-order valence-electron chi connectivity index (χ2n) is 9.47. The highest BCUT2D eigenvalue weighted by Gasteiger charge is 2.26. The number of aromatic nitrogens is 2. The van der Waals surface area contributed by atoms with Crippen molar-refractivity contribution in [3.05, 3.63) is 58.5 Å². The Morgan fingerprint density at radius 2 is 2.11 bits per heavy atom. The Hall–Kier alpha value is -2.50. The van der Waals surface area contributed by atoms with Crippen LogP contribution >= 0.6 is 11.8 Å². The normalized spacial score (nSPS) is 19.1. The Balaban J connectivity index is 1.58. The quantitative estimate of drug-likeness (QED) is 0.308. The third-order valence-electron chi connectivity index (χ3n) is 6.09. The van der Waals surface area contributed by atoms with Crippen LogP contribution < -0.4 is 20.1 Å². The summed E-state index contributed by atoms with van der Waals surface area (Å²) < 4.78 is 50.7. The Labute approximate surface area is 223 Å². The molecular formula is C26H33F2N5O2S2. The van der Waals surface area contributed by atoms with E-state index >= 15 is 4.39 Å². The van der Waals surface area contributed by atoms with Gasteiger partial charge in [-0.05, 0) is 69.9 Å². The highest BCUT2D eigenvalue weighted by Crippen LogP contribution is 2.38. The van der Waals surface area contributed by atoms with Crippen LogP contribution in [0.4, 0.5) is 20.4 Å². The van der Waals surface area contributed by atoms with Gasteiger partial charge >= 0.3 is 0 Å². The van der Waals surface area contributed by atoms with E-state index in [4.69, 9.17) is 4.74 Å². The van der Waals surface area contributed by atoms with E-state index in [0.717, 1.165) is 49.7 Å². The van der Waals surface area contributed by atoms with Crippen LogP contribution in [0.2, 0.25) is 0 Å². The van der Waals surface area contributed by atoms with Gasteiger partial charge in [0.2, 0.25) is 5.95 Å². The molecule has 4 rings (SSSR count). The number of ether oxygens (including phenoxy) is 1. The molecule has 0 bridgehead atoms. The fourth-order valence-corrected chi connectivity index (χ4v) is 5.96. The van der Waals surface area contributed by atoms with Crippen molar-refractivity contribution in [2.75, 3.05) is 28.9 Å². The lowest BCUT2D eigenvalue weighted by atomic mass is 10.1. The Bertz CT molecular complexity index is 1210. The van der Waals surface area contributed by atoms with Crippen LogP contribution in [0.5, 0.6) is 5.75 Å². The minimum absolute atomic E-state index is 0.0338. The fourth-order valence-electron chi connectivity index (χ4n) is 3.95. The zero-order valence-electron chi connectivity index (χ0n) is 21.3. The minimum Gasteiger partial charge on any atom is -0.460 e. The molecule has 2 aromatic rings. The van der Waals surface area contributed by atoms with Crippen molar-refractivity contribution >= 4 is 39.3 Å². The summed E-state index contributed by atoms with van der Waals surface area (Å²) in [5.41, 5.74) is 0.325. The van der Waals surface area contributed by atoms with Crippen LogP contribution in [0.3, 0.4) is 0 Å². The molecule has 200 valence electrons. The van der Waals surface area contributed by atoms with E-state index in [0.29, 0.717) is 34.0 Å². The molecular weight excluding hydrogens is 516 g/mol. The molecule has 2 atom stereocenters. The minimum atomic E-state index is -1.55. The number of allylic oxidation sites excluding steroid dienone is 2. The van der Waals surface area contributed by atoms with Gasteiger partial charge in [-0.25, -0.2) is 23.0 Å². The van der Waals surface area contributed by atoms with E-state index in [1.165, 1.54) is 18.7 Å². The summed E-state index contributed by atoms with van der Waals surface area (Å²) in [6, 6.07) is 3.12. The van der Waals surface area contributed by atoms with Gasteiger partial charge in [-0.2, -0.15) is 0 Å². The number of anilines is 2. The highest BCUT2D eigenvalue weighted by molar-refractivity contribution is 8.11. The van der Waals surface area contributed by atoms with E-state index in [2.05, 4.69) is 31.9 Å². The predicted octanol–water partition coefficient (Wildman–Crippen LogP) is 5.75. The number of halogens is 2. The number of thioether (sulfide) groups is 1. The summed E-state index contributed by atoms with van der Waals surface area (Å²) in [5.74, 6) is 0.00334. The van der Waals surface area contributed by atoms with Gasteiger partial charge in [0.15, 0.2) is 11.6 Å². The smallest absolute Gasteiger partial charge is 0.223 e. The van der Waals surface area contributed by atoms with Crippen LogP contribution in [0.1, 0.15) is 50.8 Å². The molecule has 0 amide bonds. The molecule has 2 unspecified atom stereocenters. The summed E-state index contributed by atoms with van der Waals surface area (Å²) in [4.78, 5) is 10.5. The third kappa shape index (κ3) is 7.52. The average molecular weight is 550 g/mol. The molecule has 1 aromatic heterocycles. The van der Waals surface area contributed by atoms with Crippen molar-refractivity contribution in [2.24, 2.45) is 5.92 Å². The third-order valence-corrected chi connectivity index (χ3v) is 8.35. The second kappa shape index (κ2) is 12.4. The molecule has 1 aliphatic carbocycles. The molecule has 7 nitrogen and oxygen atoms in total. The largest absolute Gasteiger partial charge is 0.460 e. The number of rotatable bonds is 11. The van der Waals surface area contributed by atoms with E-state index in [-0.39, 0.29) is 17.4 Å². The molecule has 11 heteroatoms. The monoisotopic (exact) mass is 549 g/mol. The summed E-state index contributed by atoms with van der Waals surface area (Å²) in [5, 5.41) is 6.73. The van der Waals surface area contributed by atoms with Crippen molar-refractivity contribution in [3.8, 4) is 5.75 Å². The van der Waals surface area contributed by atoms with Gasteiger partial charge in [0, 0.05) is 36.2 Å². The van der Waals surface area contributed by atoms with Crippen LogP contribution in [0, 0.1) is 24.5 Å². The second-order valence-corrected chi connectivity index (χ2v) is 12.0. The first kappa shape index (κ1) is 27.5. The molecule has 3 N–H and O–H groups in total. The number of piperidine rings is 1. The molecule has 1 saturated carbocycles. The first-order chi connectivity index (χ1) is 17.7. The lowest BCUT2D eigenvalue weighted by Gasteiger charge is -2.24. The average Bonchev–Trinajstić information content (AvgIpc) is 3.68. The first-order valence-corrected chi connectivity index (χ1v) is 14.5. The molecule has 1 saturated heterocycles. The lowest BCUT2D eigenvalue weighted by Crippen LogP contribution is -2.38. The topological polar surface area (TPSA) is 88.2 Å². The van der Waals surface area contributed by atoms with Crippen molar-refractivity contribution in [2.45, 2.75) is 52.5 Å². The van der Waals surface area contributed by atoms with E-state index in [1.54, 1.807) is 19.2 Å². The summed E-state index contributed by atoms with van der Waals surface area (Å²) in [6.45, 7) is 10.9. The van der Waals surface area contributed by atoms with Crippen LogP contribution in [0.15, 0.2) is 35.6 Å². The molecule has 2 aliphatic rings. The Morgan fingerprint density at radius 3 is 2.78 bits per heavy atom. The van der Waals surface area contributed by atoms with Gasteiger partial charge in [0.25, 0.3) is 0 Å². The van der Waals surface area contributed by atoms with Gasteiger partial charge in [0.05, 0.1) is 10.6 Å². The van der Waals surface area contributed by atoms with Crippen LogP contribution in [-0.4, -0.2) is 39.1 Å². The summed E-state index contributed by atoms with van der Waals surface area (Å²) in [7, 11) is -1.55. The van der Waals surface area contributed by atoms with Gasteiger partial charge in [-0.1, -0.05) is 18.3 Å². The molecule has 2 fully saturated rings. The molecule has 0 spiro atoms. The Kier molecular flexibility index (Phi) is 9.20. The maximum absolute atomic E-state index is 15.1. The van der Waals surface area contributed by atoms with E-state index in [9.17, 15) is 8.60 Å². The van der Waals surface area contributed by atoms with Gasteiger partial charge < -0.3 is 15.4 Å². The zero-order chi connectivity index (χ0) is 26.5. The van der Waals surface area contributed by atoms with Crippen LogP contribution in [-0.2, 0) is 11.0 Å². The summed E-state index contributed by atoms with van der Waals surface area (Å²) in [6.07, 6.45) is 5.78. The SMILES string of the molecule is C=C(C)S/C(=C(\C)Oc1cc(F)c(NS(=O)CC2CC2)c(F)c1C)c1ccnc(NC2CCCNC2)n1. The standard InChI is InChI=1S/C26H33F2N5O2S2/c1-15(2)36-25(21-9-11-30-26(32-21)31-19-6-5-10-29-13-19)17(4)35-22-12-20(27)24(23(28)16(22)3)33-37(34)14-18-7-8-18/h9,11-12,18-19,29,33H,1,5-8,10,13-14H2,2-4H3,(H,30,31,32)/b25-17+. The maximum atomic E-state index is 15.1. The van der Waals surface area contributed by atoms with Crippen molar-refractivity contribution in [3.63, 3.8) is 0 Å². The van der Waals surface area contributed by atoms with Crippen molar-refractivity contribution in [1.82, 2.24) is 15.3 Å². The fraction of sp³-hybridized carbons (Fsp3) is 0.462. The molecule has 2 heterocycles. The number of benzene rings is 1. The van der Waals surface area contributed by atoms with E-state index < -0.39 is 28.3 Å². The lowest BCUT2D eigenvalue weighted by molar-refractivity contribution is 0.419. The van der Waals surface area contributed by atoms with Crippen molar-refractivity contribution < 1.29 is 17.7 Å². The molecule has 1 aliphatic heterocycles. The molecule has 1 aromatic carbocycles. The highest BCUT2D eigenvalue weighted by atomic mass is 32.2. The number of nitrogens with one attached hydrogen (secondary N) is 3. The zero-order valence-corrected chi connectivity index (χ0v) is 23.0. The van der Waals surface area contributed by atoms with Crippen LogP contribution in [0.25, 0.3) is 4.91 Å². The maximum Gasteiger partial charge on any atom is 0.223 e. The first-order valence-electron chi connectivity index (χ1n) is 12.4. The van der Waals surface area contributed by atoms with Gasteiger partial charge in [-0.15, -0.1) is 0 Å². The molecule has 0 radical (unpaired) electrons. The van der Waals surface area contributed by atoms with Gasteiger partial charge in [-0.3, -0.25) is 4.72 Å². The summed E-state index contributed by atoms with van der Waals surface area (Å²) >= 11 is 1.36. The van der Waals surface area contributed by atoms with Gasteiger partial charge in [0.1, 0.15) is 28.2 Å². The van der Waals surface area contributed by atoms with Crippen molar-refractivity contribution in [1.29, 1.82) is 0 Å². The molecule has 37 heavy (non-hydrogen) atoms. The van der Waals surface area contributed by atoms with E-state index in [1.807, 2.05) is 6.92 Å². The number of nitrogens with zero attached hydrogens (tertiary/aromatic N) is 2.